The molecule has 0 amide bonds. The van der Waals surface area contributed by atoms with E-state index in [0.29, 0.717) is 17.5 Å². The van der Waals surface area contributed by atoms with Gasteiger partial charge in [-0.1, -0.05) is 98.9 Å². The Morgan fingerprint density at radius 2 is 0.743 bits per heavy atom. The topological polar surface area (TPSA) is 56.7 Å². The Balaban J connectivity index is 1.10. The molecular formula is C51H46B14N4O. The molecule has 0 spiro atoms. The average Bonchev–Trinajstić information content (AvgIpc) is 3.91. The maximum absolute atomic E-state index is 6.86. The van der Waals surface area contributed by atoms with Crippen LogP contribution < -0.4 is 76.5 Å². The number of hydrogen-bond donors (Lipinski definition) is 0. The first kappa shape index (κ1) is 45.7. The Kier molecular flexibility index (Phi) is 11.1. The Morgan fingerprint density at radius 3 is 1.36 bits per heavy atom. The lowest BCUT2D eigenvalue weighted by atomic mass is 9.56. The smallest absolute Gasteiger partial charge is 0.164 e. The zero-order valence-corrected chi connectivity index (χ0v) is 43.1. The minimum absolute atomic E-state index is 0.617. The van der Waals surface area contributed by atoms with Gasteiger partial charge in [0.15, 0.2) is 17.5 Å². The fourth-order valence-electron chi connectivity index (χ4n) is 11.6. The van der Waals surface area contributed by atoms with E-state index in [2.05, 4.69) is 224 Å². The van der Waals surface area contributed by atoms with E-state index in [1.807, 2.05) is 0 Å². The monoisotopic (exact) mass is 884 g/mol. The second-order valence-corrected chi connectivity index (χ2v) is 20.0. The first-order valence-corrected chi connectivity index (χ1v) is 24.6. The van der Waals surface area contributed by atoms with Gasteiger partial charge in [0.2, 0.25) is 0 Å². The first-order chi connectivity index (χ1) is 33.5. The Labute approximate surface area is 422 Å². The van der Waals surface area contributed by atoms with Crippen molar-refractivity contribution >= 4 is 230 Å². The van der Waals surface area contributed by atoms with Gasteiger partial charge in [0.1, 0.15) is 121 Å². The first-order valence-electron chi connectivity index (χ1n) is 24.6. The Bertz CT molecular complexity index is 4020. The van der Waals surface area contributed by atoms with Crippen molar-refractivity contribution < 1.29 is 4.42 Å². The van der Waals surface area contributed by atoms with Crippen molar-refractivity contribution in [3.8, 4) is 62.1 Å². The average molecular weight is 882 g/mol. The largest absolute Gasteiger partial charge is 0.456 e. The van der Waals surface area contributed by atoms with Gasteiger partial charge >= 0.3 is 0 Å². The van der Waals surface area contributed by atoms with E-state index < -0.39 is 0 Å². The van der Waals surface area contributed by atoms with Crippen LogP contribution in [0, 0.1) is 0 Å². The second-order valence-electron chi connectivity index (χ2n) is 20.0. The van der Waals surface area contributed by atoms with E-state index in [1.165, 1.54) is 110 Å². The molecule has 8 aromatic carbocycles. The lowest BCUT2D eigenvalue weighted by Gasteiger charge is -2.27. The quantitative estimate of drug-likeness (QED) is 0.156. The molecule has 3 aromatic heterocycles. The highest BCUT2D eigenvalue weighted by Crippen LogP contribution is 2.38. The summed E-state index contributed by atoms with van der Waals surface area (Å²) in [5, 5.41) is 4.55. The summed E-state index contributed by atoms with van der Waals surface area (Å²) in [6.07, 6.45) is 0. The van der Waals surface area contributed by atoms with Gasteiger partial charge in [0, 0.05) is 50.0 Å². The van der Waals surface area contributed by atoms with E-state index in [-0.39, 0.29) is 0 Å². The van der Waals surface area contributed by atoms with Gasteiger partial charge in [-0.05, 0) is 64.7 Å². The van der Waals surface area contributed by atoms with Gasteiger partial charge in [-0.15, -0.1) is 38.2 Å². The molecule has 0 unspecified atom stereocenters. The van der Waals surface area contributed by atoms with Gasteiger partial charge < -0.3 is 8.98 Å². The van der Waals surface area contributed by atoms with Gasteiger partial charge in [-0.25, -0.2) is 15.0 Å². The molecule has 11 rings (SSSR count). The zero-order valence-electron chi connectivity index (χ0n) is 43.1. The molecule has 0 atom stereocenters. The predicted octanol–water partition coefficient (Wildman–Crippen LogP) is -11.2. The maximum Gasteiger partial charge on any atom is 0.164 e. The van der Waals surface area contributed by atoms with Gasteiger partial charge in [-0.2, -0.15) is 0 Å². The molecule has 0 aliphatic heterocycles. The molecule has 19 heteroatoms. The standard InChI is InChI=1S/C51H46B14N4O/c52-35-31(32-37(54)43(60)47(64)44(61)38(32)55)36(53)42(59)39(56)33(35)50-66-49(67-51(68-50)34-40(57)45(62)48(65)46(63)41(34)58)21-10-13-24-25-14-12-22(18-30(25)70-29(24)17-21)69-27-9-5-4-8-23(27)26-16-20(11-15-28(26)69)19-6-2-1-3-7-19/h1-18H,52-65H2. The van der Waals surface area contributed by atoms with E-state index in [1.54, 1.807) is 0 Å². The third-order valence-corrected chi connectivity index (χ3v) is 16.7. The van der Waals surface area contributed by atoms with Crippen LogP contribution >= 0.6 is 0 Å². The summed E-state index contributed by atoms with van der Waals surface area (Å²) in [6, 6.07) is 39.1. The summed E-state index contributed by atoms with van der Waals surface area (Å²) >= 11 is 0. The highest BCUT2D eigenvalue weighted by molar-refractivity contribution is 6.71. The normalized spacial score (nSPS) is 11.7. The fraction of sp³-hybridized carbons (Fsp3) is 0. The molecule has 0 saturated heterocycles. The number of hydrogen-bond acceptors (Lipinski definition) is 4. The predicted molar refractivity (Wildman–Crippen MR) is 343 cm³/mol. The molecule has 70 heavy (non-hydrogen) atoms. The van der Waals surface area contributed by atoms with Crippen LogP contribution in [-0.2, 0) is 0 Å². The number of para-hydroxylation sites is 1. The van der Waals surface area contributed by atoms with Crippen molar-refractivity contribution in [2.45, 2.75) is 0 Å². The number of benzene rings is 8. The fourth-order valence-corrected chi connectivity index (χ4v) is 11.6. The SMILES string of the molecule is Bc1c(B)c(B)c(-c2nc(-c3ccc4c(c3)oc3cc(-n5c6ccccc6c6cc(-c7ccccc7)ccc65)ccc34)nc(-c3c(B)c(B)c(B)c(-c4c(B)c(B)c(B)c(B)c4B)c3B)n2)c(B)c1B. The molecule has 11 aromatic rings. The van der Waals surface area contributed by atoms with Crippen LogP contribution in [-0.4, -0.2) is 129 Å². The molecule has 3 heterocycles. The summed E-state index contributed by atoms with van der Waals surface area (Å²) in [5.41, 5.74) is 30.8. The molecule has 0 aliphatic rings. The van der Waals surface area contributed by atoms with Gasteiger partial charge in [0.05, 0.1) is 11.0 Å². The van der Waals surface area contributed by atoms with Gasteiger partial charge in [-0.3, -0.25) is 0 Å². The molecule has 5 nitrogen and oxygen atoms in total. The Morgan fingerprint density at radius 1 is 0.300 bits per heavy atom. The van der Waals surface area contributed by atoms with Crippen LogP contribution in [0.15, 0.2) is 114 Å². The van der Waals surface area contributed by atoms with Crippen LogP contribution in [0.4, 0.5) is 0 Å². The molecule has 0 saturated carbocycles. The lowest BCUT2D eigenvalue weighted by Crippen LogP contribution is -2.57. The van der Waals surface area contributed by atoms with Crippen LogP contribution in [0.3, 0.4) is 0 Å². The van der Waals surface area contributed by atoms with E-state index >= 15 is 0 Å². The molecular weight excluding hydrogens is 836 g/mol. The van der Waals surface area contributed by atoms with Gasteiger partial charge in [0.25, 0.3) is 0 Å². The number of aromatic nitrogens is 4. The maximum atomic E-state index is 6.86. The van der Waals surface area contributed by atoms with Crippen molar-refractivity contribution in [2.24, 2.45) is 0 Å². The van der Waals surface area contributed by atoms with Crippen LogP contribution in [0.25, 0.3) is 106 Å². The summed E-state index contributed by atoms with van der Waals surface area (Å²) in [4.78, 5) is 16.4. The van der Waals surface area contributed by atoms with Crippen LogP contribution in [0.1, 0.15) is 0 Å². The number of fused-ring (bicyclic) bond motifs is 6. The Hall–Kier alpha value is -6.72. The summed E-state index contributed by atoms with van der Waals surface area (Å²) < 4.78 is 9.22. The molecule has 0 N–H and O–H groups in total. The summed E-state index contributed by atoms with van der Waals surface area (Å²) in [6.45, 7) is 0. The summed E-state index contributed by atoms with van der Waals surface area (Å²) in [7, 11) is 31.4. The van der Waals surface area contributed by atoms with Crippen molar-refractivity contribution in [1.29, 1.82) is 0 Å². The van der Waals surface area contributed by atoms with Crippen LogP contribution in [0.5, 0.6) is 0 Å². The van der Waals surface area contributed by atoms with Crippen molar-refractivity contribution in [2.75, 3.05) is 0 Å². The summed E-state index contributed by atoms with van der Waals surface area (Å²) in [5.74, 6) is 1.98. The molecule has 0 aliphatic carbocycles. The van der Waals surface area contributed by atoms with E-state index in [4.69, 9.17) is 19.4 Å². The number of nitrogens with zero attached hydrogens (tertiary/aromatic N) is 4. The highest BCUT2D eigenvalue weighted by Gasteiger charge is 2.25. The molecule has 318 valence electrons. The molecule has 0 bridgehead atoms. The van der Waals surface area contributed by atoms with Crippen LogP contribution in [0.2, 0.25) is 0 Å². The highest BCUT2D eigenvalue weighted by atomic mass is 16.3. The third kappa shape index (κ3) is 6.93. The number of rotatable bonds is 6. The molecule has 0 fully saturated rings. The second kappa shape index (κ2) is 17.0. The molecule has 0 radical (unpaired) electrons. The zero-order chi connectivity index (χ0) is 49.2. The third-order valence-electron chi connectivity index (χ3n) is 16.7. The number of furan rings is 1. The van der Waals surface area contributed by atoms with Crippen molar-refractivity contribution in [3.63, 3.8) is 0 Å². The lowest BCUT2D eigenvalue weighted by molar-refractivity contribution is 0.668. The van der Waals surface area contributed by atoms with E-state index in [9.17, 15) is 0 Å². The minimum Gasteiger partial charge on any atom is -0.456 e. The van der Waals surface area contributed by atoms with Crippen molar-refractivity contribution in [3.05, 3.63) is 109 Å². The van der Waals surface area contributed by atoms with E-state index in [0.717, 1.165) is 55.3 Å². The van der Waals surface area contributed by atoms with Crippen molar-refractivity contribution in [1.82, 2.24) is 19.5 Å². The minimum atomic E-state index is 0.617.